The van der Waals surface area contributed by atoms with E-state index in [-0.39, 0.29) is 0 Å². The normalized spacial score (nSPS) is 11.3. The summed E-state index contributed by atoms with van der Waals surface area (Å²) in [6.45, 7) is 3.20. The van der Waals surface area contributed by atoms with E-state index in [9.17, 15) is 4.79 Å². The quantitative estimate of drug-likeness (QED) is 0.572. The first-order valence-electron chi connectivity index (χ1n) is 5.85. The van der Waals surface area contributed by atoms with Crippen LogP contribution in [0.15, 0.2) is 35.9 Å². The van der Waals surface area contributed by atoms with Gasteiger partial charge in [0, 0.05) is 12.6 Å². The first-order chi connectivity index (χ1) is 8.61. The van der Waals surface area contributed by atoms with Gasteiger partial charge >= 0.3 is 5.97 Å². The van der Waals surface area contributed by atoms with E-state index < -0.39 is 5.97 Å². The molecular weight excluding hydrogens is 230 g/mol. The lowest BCUT2D eigenvalue weighted by atomic mass is 10.1. The molecule has 2 N–H and O–H groups in total. The zero-order valence-electron chi connectivity index (χ0n) is 10.8. The zero-order valence-corrected chi connectivity index (χ0v) is 10.8. The van der Waals surface area contributed by atoms with Gasteiger partial charge < -0.3 is 15.2 Å². The molecule has 4 nitrogen and oxygen atoms in total. The molecule has 0 aliphatic heterocycles. The number of aliphatic carboxylic acids is 1. The highest BCUT2D eigenvalue weighted by Gasteiger charge is 1.97. The fourth-order valence-electron chi connectivity index (χ4n) is 1.61. The van der Waals surface area contributed by atoms with E-state index in [0.717, 1.165) is 24.3 Å². The number of rotatable bonds is 7. The molecule has 0 saturated carbocycles. The summed E-state index contributed by atoms with van der Waals surface area (Å²) in [5.74, 6) is -0.0449. The number of ether oxygens (including phenoxy) is 1. The Morgan fingerprint density at radius 1 is 1.50 bits per heavy atom. The molecule has 0 saturated heterocycles. The van der Waals surface area contributed by atoms with Gasteiger partial charge in [0.1, 0.15) is 5.75 Å². The lowest BCUT2D eigenvalue weighted by Crippen LogP contribution is -2.19. The van der Waals surface area contributed by atoms with Gasteiger partial charge in [0.15, 0.2) is 0 Å². The molecule has 0 heterocycles. The number of methoxy groups -OCH3 is 1. The van der Waals surface area contributed by atoms with E-state index in [1.54, 1.807) is 14.0 Å². The predicted octanol–water partition coefficient (Wildman–Crippen LogP) is 1.86. The molecule has 1 rings (SSSR count). The summed E-state index contributed by atoms with van der Waals surface area (Å²) in [6, 6.07) is 7.92. The fourth-order valence-corrected chi connectivity index (χ4v) is 1.61. The highest BCUT2D eigenvalue weighted by molar-refractivity contribution is 5.80. The molecule has 0 atom stereocenters. The maximum absolute atomic E-state index is 10.4. The monoisotopic (exact) mass is 249 g/mol. The molecule has 0 aliphatic rings. The first-order valence-corrected chi connectivity index (χ1v) is 5.85. The van der Waals surface area contributed by atoms with Crippen molar-refractivity contribution in [3.05, 3.63) is 41.5 Å². The number of hydrogen-bond donors (Lipinski definition) is 2. The summed E-state index contributed by atoms with van der Waals surface area (Å²) in [5, 5.41) is 11.8. The molecule has 0 fully saturated rings. The minimum atomic E-state index is -0.901. The van der Waals surface area contributed by atoms with Crippen LogP contribution >= 0.6 is 0 Å². The smallest absolute Gasteiger partial charge is 0.328 e. The van der Waals surface area contributed by atoms with Crippen molar-refractivity contribution in [3.8, 4) is 5.75 Å². The van der Waals surface area contributed by atoms with E-state index in [2.05, 4.69) is 5.32 Å². The van der Waals surface area contributed by atoms with Crippen LogP contribution in [0.1, 0.15) is 12.5 Å². The highest BCUT2D eigenvalue weighted by atomic mass is 16.5. The standard InChI is InChI=1S/C14H19NO3/c1-11(8-14(16)17)10-15-7-6-12-4-3-5-13(9-12)18-2/h3-5,8-9,15H,6-7,10H2,1-2H3,(H,16,17)/b11-8+. The van der Waals surface area contributed by atoms with E-state index in [1.807, 2.05) is 24.3 Å². The predicted molar refractivity (Wildman–Crippen MR) is 71.0 cm³/mol. The van der Waals surface area contributed by atoms with Crippen LogP contribution in [-0.4, -0.2) is 31.3 Å². The topological polar surface area (TPSA) is 58.6 Å². The van der Waals surface area contributed by atoms with Crippen LogP contribution in [0.3, 0.4) is 0 Å². The van der Waals surface area contributed by atoms with Crippen LogP contribution in [0.5, 0.6) is 5.75 Å². The molecule has 0 bridgehead atoms. The largest absolute Gasteiger partial charge is 0.497 e. The van der Waals surface area contributed by atoms with Crippen molar-refractivity contribution in [1.82, 2.24) is 5.32 Å². The van der Waals surface area contributed by atoms with Crippen LogP contribution < -0.4 is 10.1 Å². The Morgan fingerprint density at radius 3 is 2.94 bits per heavy atom. The molecule has 18 heavy (non-hydrogen) atoms. The van der Waals surface area contributed by atoms with Crippen LogP contribution in [-0.2, 0) is 11.2 Å². The Labute approximate surface area is 107 Å². The van der Waals surface area contributed by atoms with E-state index in [4.69, 9.17) is 9.84 Å². The molecule has 1 aromatic carbocycles. The van der Waals surface area contributed by atoms with Gasteiger partial charge in [-0.15, -0.1) is 0 Å². The molecule has 0 aromatic heterocycles. The highest BCUT2D eigenvalue weighted by Crippen LogP contribution is 2.12. The van der Waals surface area contributed by atoms with Crippen molar-refractivity contribution < 1.29 is 14.6 Å². The van der Waals surface area contributed by atoms with Crippen molar-refractivity contribution in [2.24, 2.45) is 0 Å². The van der Waals surface area contributed by atoms with E-state index in [0.29, 0.717) is 6.54 Å². The molecule has 0 radical (unpaired) electrons. The number of carboxylic acid groups (broad SMARTS) is 1. The van der Waals surface area contributed by atoms with Gasteiger partial charge in [0.2, 0.25) is 0 Å². The molecule has 0 aliphatic carbocycles. The van der Waals surface area contributed by atoms with Crippen molar-refractivity contribution in [1.29, 1.82) is 0 Å². The third-order valence-corrected chi connectivity index (χ3v) is 2.50. The number of carboxylic acids is 1. The Kier molecular flexibility index (Phi) is 5.94. The van der Waals surface area contributed by atoms with Crippen molar-refractivity contribution >= 4 is 5.97 Å². The van der Waals surface area contributed by atoms with E-state index >= 15 is 0 Å². The molecule has 0 amide bonds. The number of benzene rings is 1. The summed E-state index contributed by atoms with van der Waals surface area (Å²) < 4.78 is 5.15. The maximum atomic E-state index is 10.4. The summed E-state index contributed by atoms with van der Waals surface area (Å²) in [7, 11) is 1.65. The third-order valence-electron chi connectivity index (χ3n) is 2.50. The van der Waals surface area contributed by atoms with Gasteiger partial charge in [0.25, 0.3) is 0 Å². The molecule has 98 valence electrons. The van der Waals surface area contributed by atoms with Gasteiger partial charge in [-0.2, -0.15) is 0 Å². The third kappa shape index (κ3) is 5.50. The Hall–Kier alpha value is -1.81. The molecule has 0 spiro atoms. The second kappa shape index (κ2) is 7.50. The average molecular weight is 249 g/mol. The van der Waals surface area contributed by atoms with Crippen molar-refractivity contribution in [2.75, 3.05) is 20.2 Å². The lowest BCUT2D eigenvalue weighted by molar-refractivity contribution is -0.131. The van der Waals surface area contributed by atoms with Crippen molar-refractivity contribution in [3.63, 3.8) is 0 Å². The fraction of sp³-hybridized carbons (Fsp3) is 0.357. The minimum absolute atomic E-state index is 0.594. The Bertz CT molecular complexity index is 427. The van der Waals surface area contributed by atoms with Crippen molar-refractivity contribution in [2.45, 2.75) is 13.3 Å². The van der Waals surface area contributed by atoms with Gasteiger partial charge in [-0.25, -0.2) is 4.79 Å². The number of nitrogens with one attached hydrogen (secondary N) is 1. The van der Waals surface area contributed by atoms with Crippen LogP contribution in [0.4, 0.5) is 0 Å². The van der Waals surface area contributed by atoms with Gasteiger partial charge in [-0.3, -0.25) is 0 Å². The van der Waals surface area contributed by atoms with Gasteiger partial charge in [0.05, 0.1) is 7.11 Å². The molecular formula is C14H19NO3. The Morgan fingerprint density at radius 2 is 2.28 bits per heavy atom. The zero-order chi connectivity index (χ0) is 13.4. The SMILES string of the molecule is COc1cccc(CCNC/C(C)=C/C(=O)O)c1. The summed E-state index contributed by atoms with van der Waals surface area (Å²) >= 11 is 0. The number of hydrogen-bond acceptors (Lipinski definition) is 3. The number of carbonyl (C=O) groups is 1. The Balaban J connectivity index is 2.31. The maximum Gasteiger partial charge on any atom is 0.328 e. The summed E-state index contributed by atoms with van der Waals surface area (Å²) in [4.78, 5) is 10.4. The minimum Gasteiger partial charge on any atom is -0.497 e. The average Bonchev–Trinajstić information content (AvgIpc) is 2.34. The van der Waals surface area contributed by atoms with Crippen LogP contribution in [0.2, 0.25) is 0 Å². The molecule has 0 unspecified atom stereocenters. The molecule has 1 aromatic rings. The van der Waals surface area contributed by atoms with Crippen LogP contribution in [0, 0.1) is 0 Å². The second-order valence-electron chi connectivity index (χ2n) is 4.11. The first kappa shape index (κ1) is 14.3. The molecule has 4 heteroatoms. The van der Waals surface area contributed by atoms with Crippen LogP contribution in [0.25, 0.3) is 0 Å². The second-order valence-corrected chi connectivity index (χ2v) is 4.11. The summed E-state index contributed by atoms with van der Waals surface area (Å²) in [5.41, 5.74) is 2.01. The summed E-state index contributed by atoms with van der Waals surface area (Å²) in [6.07, 6.45) is 2.11. The van der Waals surface area contributed by atoms with Gasteiger partial charge in [-0.1, -0.05) is 17.7 Å². The van der Waals surface area contributed by atoms with Gasteiger partial charge in [-0.05, 0) is 37.6 Å². The lowest BCUT2D eigenvalue weighted by Gasteiger charge is -2.06. The van der Waals surface area contributed by atoms with E-state index in [1.165, 1.54) is 11.6 Å².